The summed E-state index contributed by atoms with van der Waals surface area (Å²) in [6.45, 7) is 6.93. The standard InChI is InChI=1S/C18H27N3O3.ClH/c1-13-10-19-5-7-20(13)12-18(22)21-6-4-14-8-16(23-2)17(24-3)9-15(14)11-21;/h8-9,13,19H,4-7,10-12H2,1-3H3;1H/t13-;/m1./s1. The molecule has 0 aliphatic carbocycles. The molecule has 0 unspecified atom stereocenters. The first-order chi connectivity index (χ1) is 11.6. The molecule has 0 saturated carbocycles. The van der Waals surface area contributed by atoms with Crippen molar-refractivity contribution < 1.29 is 14.3 Å². The van der Waals surface area contributed by atoms with Gasteiger partial charge in [0.1, 0.15) is 0 Å². The van der Waals surface area contributed by atoms with Crippen LogP contribution in [0.15, 0.2) is 12.1 Å². The van der Waals surface area contributed by atoms with Gasteiger partial charge in [0.2, 0.25) is 5.91 Å². The quantitative estimate of drug-likeness (QED) is 0.867. The van der Waals surface area contributed by atoms with Crippen LogP contribution in [0.5, 0.6) is 11.5 Å². The van der Waals surface area contributed by atoms with Gasteiger partial charge in [0.15, 0.2) is 11.5 Å². The maximum Gasteiger partial charge on any atom is 0.237 e. The highest BCUT2D eigenvalue weighted by atomic mass is 35.5. The zero-order valence-electron chi connectivity index (χ0n) is 15.2. The second-order valence-electron chi connectivity index (χ2n) is 6.56. The van der Waals surface area contributed by atoms with E-state index in [-0.39, 0.29) is 18.3 Å². The van der Waals surface area contributed by atoms with Gasteiger partial charge in [-0.15, -0.1) is 12.4 Å². The SMILES string of the molecule is COc1cc2c(cc1OC)CN(C(=O)CN1CCNC[C@H]1C)CC2.Cl. The predicted octanol–water partition coefficient (Wildman–Crippen LogP) is 1.30. The normalized spacial score (nSPS) is 20.4. The first-order valence-corrected chi connectivity index (χ1v) is 8.58. The number of fused-ring (bicyclic) bond motifs is 1. The van der Waals surface area contributed by atoms with Crippen molar-refractivity contribution in [1.29, 1.82) is 0 Å². The lowest BCUT2D eigenvalue weighted by Gasteiger charge is -2.36. The first kappa shape index (κ1) is 19.8. The van der Waals surface area contributed by atoms with E-state index < -0.39 is 0 Å². The molecule has 0 aromatic heterocycles. The van der Waals surface area contributed by atoms with Gasteiger partial charge in [0, 0.05) is 38.8 Å². The maximum absolute atomic E-state index is 12.7. The van der Waals surface area contributed by atoms with Crippen molar-refractivity contribution in [2.45, 2.75) is 25.9 Å². The zero-order valence-corrected chi connectivity index (χ0v) is 16.0. The van der Waals surface area contributed by atoms with Crippen molar-refractivity contribution in [2.24, 2.45) is 0 Å². The van der Waals surface area contributed by atoms with Crippen LogP contribution in [-0.2, 0) is 17.8 Å². The van der Waals surface area contributed by atoms with E-state index in [9.17, 15) is 4.79 Å². The maximum atomic E-state index is 12.7. The minimum absolute atomic E-state index is 0. The summed E-state index contributed by atoms with van der Waals surface area (Å²) >= 11 is 0. The van der Waals surface area contributed by atoms with Crippen LogP contribution < -0.4 is 14.8 Å². The summed E-state index contributed by atoms with van der Waals surface area (Å²) < 4.78 is 10.8. The van der Waals surface area contributed by atoms with Gasteiger partial charge in [-0.2, -0.15) is 0 Å². The minimum Gasteiger partial charge on any atom is -0.493 e. The Morgan fingerprint density at radius 1 is 1.20 bits per heavy atom. The number of rotatable bonds is 4. The van der Waals surface area contributed by atoms with E-state index in [1.165, 1.54) is 5.56 Å². The number of halogens is 1. The summed E-state index contributed by atoms with van der Waals surface area (Å²) in [7, 11) is 3.29. The van der Waals surface area contributed by atoms with Gasteiger partial charge in [-0.1, -0.05) is 0 Å². The number of methoxy groups -OCH3 is 2. The Bertz CT molecular complexity index is 611. The van der Waals surface area contributed by atoms with Crippen LogP contribution >= 0.6 is 12.4 Å². The third-order valence-corrected chi connectivity index (χ3v) is 5.05. The van der Waals surface area contributed by atoms with E-state index >= 15 is 0 Å². The van der Waals surface area contributed by atoms with Crippen molar-refractivity contribution in [3.63, 3.8) is 0 Å². The summed E-state index contributed by atoms with van der Waals surface area (Å²) in [5.41, 5.74) is 2.40. The Kier molecular flexibility index (Phi) is 6.93. The topological polar surface area (TPSA) is 54.0 Å². The van der Waals surface area contributed by atoms with E-state index in [0.717, 1.165) is 49.7 Å². The van der Waals surface area contributed by atoms with Crippen LogP contribution in [0.4, 0.5) is 0 Å². The second kappa shape index (κ2) is 8.74. The number of ether oxygens (including phenoxy) is 2. The molecule has 0 spiro atoms. The fourth-order valence-corrected chi connectivity index (χ4v) is 3.49. The van der Waals surface area contributed by atoms with Crippen LogP contribution in [0.2, 0.25) is 0 Å². The number of nitrogens with zero attached hydrogens (tertiary/aromatic N) is 2. The predicted molar refractivity (Wildman–Crippen MR) is 99.8 cm³/mol. The molecule has 1 saturated heterocycles. The van der Waals surface area contributed by atoms with Gasteiger partial charge < -0.3 is 19.7 Å². The molecule has 0 radical (unpaired) electrons. The van der Waals surface area contributed by atoms with E-state index in [2.05, 4.69) is 17.1 Å². The highest BCUT2D eigenvalue weighted by Gasteiger charge is 2.26. The molecule has 7 heteroatoms. The smallest absolute Gasteiger partial charge is 0.237 e. The van der Waals surface area contributed by atoms with Crippen molar-refractivity contribution in [3.05, 3.63) is 23.3 Å². The molecule has 2 aliphatic rings. The molecule has 0 bridgehead atoms. The summed E-state index contributed by atoms with van der Waals surface area (Å²) in [6, 6.07) is 4.44. The van der Waals surface area contributed by atoms with Gasteiger partial charge in [0.05, 0.1) is 20.8 Å². The fraction of sp³-hybridized carbons (Fsp3) is 0.611. The van der Waals surface area contributed by atoms with Crippen LogP contribution in [0.3, 0.4) is 0 Å². The molecule has 1 atom stereocenters. The molecule has 140 valence electrons. The molecule has 6 nitrogen and oxygen atoms in total. The Balaban J connectivity index is 0.00000225. The Labute approximate surface area is 155 Å². The lowest BCUT2D eigenvalue weighted by molar-refractivity contribution is -0.134. The summed E-state index contributed by atoms with van der Waals surface area (Å²) in [5.74, 6) is 1.69. The van der Waals surface area contributed by atoms with Crippen molar-refractivity contribution in [1.82, 2.24) is 15.1 Å². The summed E-state index contributed by atoms with van der Waals surface area (Å²) in [6.07, 6.45) is 0.860. The van der Waals surface area contributed by atoms with Crippen LogP contribution in [0, 0.1) is 0 Å². The Morgan fingerprint density at radius 3 is 2.52 bits per heavy atom. The minimum atomic E-state index is 0. The molecule has 1 aromatic carbocycles. The number of nitrogens with one attached hydrogen (secondary N) is 1. The average molecular weight is 370 g/mol. The summed E-state index contributed by atoms with van der Waals surface area (Å²) in [5, 5.41) is 3.36. The first-order valence-electron chi connectivity index (χ1n) is 8.58. The highest BCUT2D eigenvalue weighted by Crippen LogP contribution is 2.33. The fourth-order valence-electron chi connectivity index (χ4n) is 3.49. The molecule has 3 rings (SSSR count). The number of benzene rings is 1. The number of carbonyl (C=O) groups is 1. The molecular formula is C18H28ClN3O3. The largest absolute Gasteiger partial charge is 0.493 e. The molecule has 1 amide bonds. The number of amides is 1. The van der Waals surface area contributed by atoms with E-state index in [1.54, 1.807) is 14.2 Å². The Morgan fingerprint density at radius 2 is 1.88 bits per heavy atom. The number of hydrogen-bond acceptors (Lipinski definition) is 5. The number of piperazine rings is 1. The third-order valence-electron chi connectivity index (χ3n) is 5.05. The molecule has 1 aromatic rings. The van der Waals surface area contributed by atoms with Crippen molar-refractivity contribution in [3.8, 4) is 11.5 Å². The summed E-state index contributed by atoms with van der Waals surface area (Å²) in [4.78, 5) is 16.9. The van der Waals surface area contributed by atoms with E-state index in [4.69, 9.17) is 9.47 Å². The highest BCUT2D eigenvalue weighted by molar-refractivity contribution is 5.85. The third kappa shape index (κ3) is 4.37. The van der Waals surface area contributed by atoms with Gasteiger partial charge in [-0.3, -0.25) is 9.69 Å². The molecule has 1 fully saturated rings. The molecule has 2 heterocycles. The number of hydrogen-bond donors (Lipinski definition) is 1. The lowest BCUT2D eigenvalue weighted by atomic mass is 9.98. The zero-order chi connectivity index (χ0) is 17.1. The monoisotopic (exact) mass is 369 g/mol. The number of carbonyl (C=O) groups excluding carboxylic acids is 1. The molecule has 2 aliphatic heterocycles. The van der Waals surface area contributed by atoms with Crippen LogP contribution in [0.25, 0.3) is 0 Å². The Hall–Kier alpha value is -1.50. The molecule has 25 heavy (non-hydrogen) atoms. The van der Waals surface area contributed by atoms with Crippen molar-refractivity contribution in [2.75, 3.05) is 46.9 Å². The van der Waals surface area contributed by atoms with Crippen LogP contribution in [0.1, 0.15) is 18.1 Å². The van der Waals surface area contributed by atoms with E-state index in [1.807, 2.05) is 17.0 Å². The van der Waals surface area contributed by atoms with Crippen molar-refractivity contribution >= 4 is 18.3 Å². The van der Waals surface area contributed by atoms with Gasteiger partial charge >= 0.3 is 0 Å². The van der Waals surface area contributed by atoms with Gasteiger partial charge in [-0.05, 0) is 36.6 Å². The lowest BCUT2D eigenvalue weighted by Crippen LogP contribution is -2.53. The van der Waals surface area contributed by atoms with Gasteiger partial charge in [0.25, 0.3) is 0 Å². The molecular weight excluding hydrogens is 342 g/mol. The second-order valence-corrected chi connectivity index (χ2v) is 6.56. The molecule has 1 N–H and O–H groups in total. The van der Waals surface area contributed by atoms with Crippen LogP contribution in [-0.4, -0.2) is 68.7 Å². The van der Waals surface area contributed by atoms with Gasteiger partial charge in [-0.25, -0.2) is 0 Å². The van der Waals surface area contributed by atoms with E-state index in [0.29, 0.717) is 19.1 Å². The average Bonchev–Trinajstić information content (AvgIpc) is 2.61.